The van der Waals surface area contributed by atoms with Gasteiger partial charge >= 0.3 is 12.2 Å². The molecule has 3 N–H and O–H groups in total. The SMILES string of the molecule is O=C(Nc1cccc(C(F)(F)F)c1)NC1C2COC(O2)C(N2CCCC2)C1O. The molecular weight excluding hydrogens is 379 g/mol. The lowest BCUT2D eigenvalue weighted by Gasteiger charge is -2.42. The number of carbonyl (C=O) groups excluding carboxylic acids is 1. The summed E-state index contributed by atoms with van der Waals surface area (Å²) in [5, 5.41) is 15.9. The number of aliphatic hydroxyl groups excluding tert-OH is 1. The number of alkyl halides is 3. The molecule has 1 aromatic rings. The minimum absolute atomic E-state index is 0.00943. The van der Waals surface area contributed by atoms with Gasteiger partial charge in [-0.3, -0.25) is 4.90 Å². The zero-order valence-electron chi connectivity index (χ0n) is 15.0. The monoisotopic (exact) mass is 401 g/mol. The molecule has 154 valence electrons. The molecule has 28 heavy (non-hydrogen) atoms. The van der Waals surface area contributed by atoms with Crippen LogP contribution in [0.1, 0.15) is 18.4 Å². The summed E-state index contributed by atoms with van der Waals surface area (Å²) in [6.07, 6.45) is -4.41. The summed E-state index contributed by atoms with van der Waals surface area (Å²) in [6.45, 7) is 1.87. The van der Waals surface area contributed by atoms with Crippen LogP contribution in [0.3, 0.4) is 0 Å². The number of nitrogens with one attached hydrogen (secondary N) is 2. The van der Waals surface area contributed by atoms with Gasteiger partial charge in [-0.1, -0.05) is 6.07 Å². The van der Waals surface area contributed by atoms with Gasteiger partial charge in [0.2, 0.25) is 0 Å². The van der Waals surface area contributed by atoms with Gasteiger partial charge in [-0.25, -0.2) is 4.79 Å². The van der Waals surface area contributed by atoms with Crippen molar-refractivity contribution in [1.29, 1.82) is 0 Å². The smallest absolute Gasteiger partial charge is 0.389 e. The molecular formula is C18H22F3N3O4. The number of benzene rings is 1. The first-order valence-electron chi connectivity index (χ1n) is 9.27. The zero-order chi connectivity index (χ0) is 19.9. The van der Waals surface area contributed by atoms with Crippen LogP contribution in [0.4, 0.5) is 23.7 Å². The van der Waals surface area contributed by atoms with Gasteiger partial charge in [0, 0.05) is 5.69 Å². The van der Waals surface area contributed by atoms with Crippen LogP contribution in [-0.2, 0) is 15.7 Å². The second kappa shape index (κ2) is 7.51. The van der Waals surface area contributed by atoms with Gasteiger partial charge in [0.25, 0.3) is 0 Å². The van der Waals surface area contributed by atoms with Crippen molar-refractivity contribution < 1.29 is 32.5 Å². The zero-order valence-corrected chi connectivity index (χ0v) is 15.0. The number of halogens is 3. The first-order chi connectivity index (χ1) is 13.3. The molecule has 0 spiro atoms. The van der Waals surface area contributed by atoms with E-state index in [1.807, 2.05) is 0 Å². The fourth-order valence-corrected chi connectivity index (χ4v) is 4.10. The largest absolute Gasteiger partial charge is 0.416 e. The van der Waals surface area contributed by atoms with Gasteiger partial charge in [0.15, 0.2) is 6.29 Å². The summed E-state index contributed by atoms with van der Waals surface area (Å²) < 4.78 is 49.9. The van der Waals surface area contributed by atoms with Crippen LogP contribution in [0.5, 0.6) is 0 Å². The molecule has 3 fully saturated rings. The number of hydrogen-bond donors (Lipinski definition) is 3. The molecule has 3 saturated heterocycles. The second-order valence-corrected chi connectivity index (χ2v) is 7.30. The Morgan fingerprint density at radius 3 is 2.71 bits per heavy atom. The second-order valence-electron chi connectivity index (χ2n) is 7.30. The number of urea groups is 1. The third-order valence-corrected chi connectivity index (χ3v) is 5.44. The van der Waals surface area contributed by atoms with E-state index in [9.17, 15) is 23.1 Å². The Labute approximate surface area is 159 Å². The summed E-state index contributed by atoms with van der Waals surface area (Å²) in [6, 6.07) is 2.54. The number of likely N-dealkylation sites (tertiary alicyclic amines) is 1. The molecule has 1 aromatic carbocycles. The van der Waals surface area contributed by atoms with Gasteiger partial charge in [0.1, 0.15) is 6.10 Å². The molecule has 2 bridgehead atoms. The van der Waals surface area contributed by atoms with E-state index in [2.05, 4.69) is 15.5 Å². The maximum atomic E-state index is 12.8. The minimum atomic E-state index is -4.50. The molecule has 5 atom stereocenters. The Hall–Kier alpha value is -1.88. The maximum absolute atomic E-state index is 12.8. The lowest BCUT2D eigenvalue weighted by Crippen LogP contribution is -2.65. The van der Waals surface area contributed by atoms with E-state index in [0.717, 1.165) is 38.1 Å². The maximum Gasteiger partial charge on any atom is 0.416 e. The number of rotatable bonds is 3. The summed E-state index contributed by atoms with van der Waals surface area (Å²) in [5.41, 5.74) is -0.845. The summed E-state index contributed by atoms with van der Waals surface area (Å²) >= 11 is 0. The van der Waals surface area contributed by atoms with Crippen LogP contribution < -0.4 is 10.6 Å². The highest BCUT2D eigenvalue weighted by atomic mass is 19.4. The van der Waals surface area contributed by atoms with Crippen molar-refractivity contribution >= 4 is 11.7 Å². The number of amides is 2. The van der Waals surface area contributed by atoms with Crippen molar-refractivity contribution in [1.82, 2.24) is 10.2 Å². The van der Waals surface area contributed by atoms with Gasteiger partial charge in [-0.15, -0.1) is 0 Å². The number of ether oxygens (including phenoxy) is 2. The van der Waals surface area contributed by atoms with Gasteiger partial charge in [-0.2, -0.15) is 13.2 Å². The van der Waals surface area contributed by atoms with Gasteiger partial charge < -0.3 is 25.2 Å². The van der Waals surface area contributed by atoms with Crippen LogP contribution in [0, 0.1) is 0 Å². The van der Waals surface area contributed by atoms with Gasteiger partial charge in [-0.05, 0) is 44.1 Å². The fraction of sp³-hybridized carbons (Fsp3) is 0.611. The standard InChI is InChI=1S/C18H22F3N3O4/c19-18(20,21)10-4-3-5-11(8-10)22-17(26)23-13-12-9-27-16(28-12)14(15(13)25)24-6-1-2-7-24/h3-5,8,12-16,25H,1-2,6-7,9H2,(H2,22,23,26). The average Bonchev–Trinajstić information content (AvgIpc) is 3.30. The normalized spacial score (nSPS) is 33.1. The molecule has 5 unspecified atom stereocenters. The van der Waals surface area contributed by atoms with E-state index in [0.29, 0.717) is 0 Å². The van der Waals surface area contributed by atoms with Gasteiger partial charge in [0.05, 0.1) is 30.4 Å². The Kier molecular flexibility index (Phi) is 5.21. The van der Waals surface area contributed by atoms with E-state index in [1.54, 1.807) is 0 Å². The first kappa shape index (κ1) is 19.4. The highest BCUT2D eigenvalue weighted by molar-refractivity contribution is 5.89. The van der Waals surface area contributed by atoms with Crippen molar-refractivity contribution in [3.8, 4) is 0 Å². The summed E-state index contributed by atoms with van der Waals surface area (Å²) in [4.78, 5) is 14.5. The lowest BCUT2D eigenvalue weighted by atomic mass is 9.95. The van der Waals surface area contributed by atoms with E-state index in [4.69, 9.17) is 9.47 Å². The molecule has 0 aromatic heterocycles. The number of nitrogens with zero attached hydrogens (tertiary/aromatic N) is 1. The number of carbonyl (C=O) groups is 1. The highest BCUT2D eigenvalue weighted by Crippen LogP contribution is 2.33. The third-order valence-electron chi connectivity index (χ3n) is 5.44. The molecule has 7 nitrogen and oxygen atoms in total. The Morgan fingerprint density at radius 2 is 2.00 bits per heavy atom. The molecule has 2 amide bonds. The molecule has 3 heterocycles. The first-order valence-corrected chi connectivity index (χ1v) is 9.27. The molecule has 4 rings (SSSR count). The highest BCUT2D eigenvalue weighted by Gasteiger charge is 2.52. The lowest BCUT2D eigenvalue weighted by molar-refractivity contribution is -0.177. The molecule has 10 heteroatoms. The van der Waals surface area contributed by atoms with E-state index in [1.165, 1.54) is 12.1 Å². The fourth-order valence-electron chi connectivity index (χ4n) is 4.10. The predicted molar refractivity (Wildman–Crippen MR) is 92.6 cm³/mol. The Morgan fingerprint density at radius 1 is 1.25 bits per heavy atom. The Bertz CT molecular complexity index is 724. The number of aliphatic hydroxyl groups is 1. The molecule has 3 aliphatic heterocycles. The third kappa shape index (κ3) is 3.82. The molecule has 0 saturated carbocycles. The van der Waals surface area contributed by atoms with E-state index < -0.39 is 42.3 Å². The number of anilines is 1. The van der Waals surface area contributed by atoms with Crippen LogP contribution >= 0.6 is 0 Å². The quantitative estimate of drug-likeness (QED) is 0.719. The van der Waals surface area contributed by atoms with Crippen molar-refractivity contribution in [2.24, 2.45) is 0 Å². The van der Waals surface area contributed by atoms with Crippen molar-refractivity contribution in [3.05, 3.63) is 29.8 Å². The summed E-state index contributed by atoms with van der Waals surface area (Å²) in [7, 11) is 0. The summed E-state index contributed by atoms with van der Waals surface area (Å²) in [5.74, 6) is 0. The minimum Gasteiger partial charge on any atom is -0.389 e. The van der Waals surface area contributed by atoms with Crippen molar-refractivity contribution in [2.75, 3.05) is 25.0 Å². The predicted octanol–water partition coefficient (Wildman–Crippen LogP) is 1.78. The Balaban J connectivity index is 1.43. The van der Waals surface area contributed by atoms with Crippen molar-refractivity contribution in [3.63, 3.8) is 0 Å². The molecule has 0 radical (unpaired) electrons. The number of fused-ring (bicyclic) bond motifs is 2. The van der Waals surface area contributed by atoms with Crippen LogP contribution in [0.25, 0.3) is 0 Å². The van der Waals surface area contributed by atoms with Crippen LogP contribution in [-0.4, -0.2) is 66.3 Å². The van der Waals surface area contributed by atoms with Crippen LogP contribution in [0.15, 0.2) is 24.3 Å². The average molecular weight is 401 g/mol. The molecule has 3 aliphatic rings. The molecule has 0 aliphatic carbocycles. The van der Waals surface area contributed by atoms with Crippen molar-refractivity contribution in [2.45, 2.75) is 49.6 Å². The number of hydrogen-bond acceptors (Lipinski definition) is 5. The topological polar surface area (TPSA) is 83.1 Å². The van der Waals surface area contributed by atoms with Crippen LogP contribution in [0.2, 0.25) is 0 Å². The van der Waals surface area contributed by atoms with E-state index in [-0.39, 0.29) is 18.3 Å². The van der Waals surface area contributed by atoms with E-state index >= 15 is 0 Å².